The molecule has 0 aromatic carbocycles. The van der Waals surface area contributed by atoms with Crippen molar-refractivity contribution in [1.82, 2.24) is 0 Å². The van der Waals surface area contributed by atoms with E-state index in [0.29, 0.717) is 12.8 Å². The van der Waals surface area contributed by atoms with E-state index in [-0.39, 0.29) is 27.3 Å². The van der Waals surface area contributed by atoms with E-state index in [4.69, 9.17) is 81.2 Å². The quantitative estimate of drug-likeness (QED) is 0.493. The molecule has 4 atom stereocenters. The van der Waals surface area contributed by atoms with E-state index in [0.717, 1.165) is 0 Å². The smallest absolute Gasteiger partial charge is 0.123 e. The van der Waals surface area contributed by atoms with Crippen molar-refractivity contribution in [3.8, 4) is 0 Å². The van der Waals surface area contributed by atoms with Crippen molar-refractivity contribution in [3.63, 3.8) is 0 Å². The second-order valence-corrected chi connectivity index (χ2v) is 8.80. The van der Waals surface area contributed by atoms with Crippen LogP contribution in [0.25, 0.3) is 0 Å². The van der Waals surface area contributed by atoms with Crippen LogP contribution in [0.3, 0.4) is 0 Å². The Kier molecular flexibility index (Phi) is 2.99. The van der Waals surface area contributed by atoms with Crippen LogP contribution in [-0.2, 0) is 0 Å². The highest BCUT2D eigenvalue weighted by Crippen LogP contribution is 2.79. The molecule has 2 fully saturated rings. The Balaban J connectivity index is 2.24. The molecule has 0 saturated heterocycles. The highest BCUT2D eigenvalue weighted by molar-refractivity contribution is 6.65. The SMILES string of the molecule is ClC1=C(Cl)C2(Cl)C3CC(Cl)CC3C1(Cl)C2(Cl)Cl. The molecule has 2 bridgehead atoms. The van der Waals surface area contributed by atoms with Gasteiger partial charge in [-0.3, -0.25) is 0 Å². The van der Waals surface area contributed by atoms with Crippen LogP contribution in [0.5, 0.6) is 0 Å². The van der Waals surface area contributed by atoms with Crippen molar-refractivity contribution in [1.29, 1.82) is 0 Å². The molecule has 0 spiro atoms. The third-order valence-electron chi connectivity index (χ3n) is 4.27. The van der Waals surface area contributed by atoms with Crippen LogP contribution in [0.4, 0.5) is 0 Å². The summed E-state index contributed by atoms with van der Waals surface area (Å²) in [6.45, 7) is 0. The number of rotatable bonds is 0. The Hall–Kier alpha value is 1.77. The van der Waals surface area contributed by atoms with Gasteiger partial charge in [0.15, 0.2) is 4.33 Å². The molecule has 17 heavy (non-hydrogen) atoms. The Morgan fingerprint density at radius 1 is 0.824 bits per heavy atom. The summed E-state index contributed by atoms with van der Waals surface area (Å²) < 4.78 is -1.40. The van der Waals surface area contributed by atoms with Gasteiger partial charge >= 0.3 is 0 Å². The van der Waals surface area contributed by atoms with Gasteiger partial charge in [-0.15, -0.1) is 34.8 Å². The van der Waals surface area contributed by atoms with Crippen LogP contribution in [0.1, 0.15) is 12.8 Å². The van der Waals surface area contributed by atoms with Crippen LogP contribution in [0.15, 0.2) is 10.1 Å². The number of hydrogen-bond acceptors (Lipinski definition) is 0. The molecule has 0 aliphatic heterocycles. The third kappa shape index (κ3) is 1.24. The van der Waals surface area contributed by atoms with Gasteiger partial charge in [0.1, 0.15) is 9.75 Å². The molecule has 7 heteroatoms. The number of fused-ring (bicyclic) bond motifs is 5. The number of halogens is 7. The summed E-state index contributed by atoms with van der Waals surface area (Å²) in [6, 6.07) is 0. The second-order valence-electron chi connectivity index (χ2n) is 4.91. The molecular formula is C10H7Cl7. The first-order valence-corrected chi connectivity index (χ1v) is 7.85. The predicted molar refractivity (Wildman–Crippen MR) is 76.2 cm³/mol. The number of alkyl halides is 5. The summed E-state index contributed by atoms with van der Waals surface area (Å²) in [6.07, 6.45) is 1.40. The lowest BCUT2D eigenvalue weighted by molar-refractivity contribution is 0.382. The standard InChI is InChI=1S/C10H7Cl7/c11-3-1-4-5(2-3)9(15)7(13)6(12)8(4,14)10(9,16)17/h3-5H,1-2H2. The van der Waals surface area contributed by atoms with E-state index in [9.17, 15) is 0 Å². The highest BCUT2D eigenvalue weighted by atomic mass is 35.5. The summed E-state index contributed by atoms with van der Waals surface area (Å²) in [4.78, 5) is -2.24. The first kappa shape index (κ1) is 13.7. The monoisotopic (exact) mass is 372 g/mol. The molecular weight excluding hydrogens is 368 g/mol. The fourth-order valence-corrected chi connectivity index (χ4v) is 7.00. The number of allylic oxidation sites excluding steroid dienone is 2. The second kappa shape index (κ2) is 3.70. The van der Waals surface area contributed by atoms with Gasteiger partial charge in [0.25, 0.3) is 0 Å². The minimum absolute atomic E-state index is 0.0118. The molecule has 3 aliphatic rings. The first-order valence-electron chi connectivity index (χ1n) is 5.15. The fourth-order valence-electron chi connectivity index (χ4n) is 3.51. The molecule has 3 rings (SSSR count). The van der Waals surface area contributed by atoms with Crippen LogP contribution >= 0.6 is 81.2 Å². The van der Waals surface area contributed by atoms with Gasteiger partial charge in [0.05, 0.1) is 10.1 Å². The molecule has 0 aromatic rings. The van der Waals surface area contributed by atoms with Gasteiger partial charge in [-0.1, -0.05) is 46.4 Å². The molecule has 96 valence electrons. The van der Waals surface area contributed by atoms with Crippen molar-refractivity contribution in [2.75, 3.05) is 0 Å². The molecule has 0 aromatic heterocycles. The lowest BCUT2D eigenvalue weighted by Gasteiger charge is -2.34. The zero-order valence-electron chi connectivity index (χ0n) is 8.29. The molecule has 0 nitrogen and oxygen atoms in total. The van der Waals surface area contributed by atoms with Gasteiger partial charge in [-0.2, -0.15) is 0 Å². The fraction of sp³-hybridized carbons (Fsp3) is 0.800. The van der Waals surface area contributed by atoms with Gasteiger partial charge in [0.2, 0.25) is 0 Å². The van der Waals surface area contributed by atoms with Crippen LogP contribution in [0, 0.1) is 11.8 Å². The lowest BCUT2D eigenvalue weighted by Crippen LogP contribution is -2.45. The van der Waals surface area contributed by atoms with E-state index < -0.39 is 14.1 Å². The van der Waals surface area contributed by atoms with Gasteiger partial charge in [0, 0.05) is 5.38 Å². The zero-order valence-corrected chi connectivity index (χ0v) is 13.6. The van der Waals surface area contributed by atoms with Crippen LogP contribution in [0.2, 0.25) is 0 Å². The van der Waals surface area contributed by atoms with Crippen LogP contribution in [-0.4, -0.2) is 19.5 Å². The topological polar surface area (TPSA) is 0 Å². The summed E-state index contributed by atoms with van der Waals surface area (Å²) in [7, 11) is 0. The van der Waals surface area contributed by atoms with Crippen LogP contribution < -0.4 is 0 Å². The van der Waals surface area contributed by atoms with Gasteiger partial charge in [-0.05, 0) is 24.7 Å². The van der Waals surface area contributed by atoms with Crippen molar-refractivity contribution in [3.05, 3.63) is 10.1 Å². The van der Waals surface area contributed by atoms with E-state index in [1.54, 1.807) is 0 Å². The average molecular weight is 375 g/mol. The lowest BCUT2D eigenvalue weighted by atomic mass is 9.85. The molecule has 0 amide bonds. The Bertz CT molecular complexity index is 394. The molecule has 0 N–H and O–H groups in total. The predicted octanol–water partition coefficient (Wildman–Crippen LogP) is 5.47. The normalized spacial score (nSPS) is 55.6. The van der Waals surface area contributed by atoms with Crippen molar-refractivity contribution in [2.45, 2.75) is 32.3 Å². The maximum Gasteiger partial charge on any atom is 0.166 e. The summed E-state index contributed by atoms with van der Waals surface area (Å²) in [5, 5.41) is 0.554. The minimum atomic E-state index is -1.40. The molecule has 0 heterocycles. The maximum absolute atomic E-state index is 6.61. The van der Waals surface area contributed by atoms with E-state index in [1.165, 1.54) is 0 Å². The molecule has 2 saturated carbocycles. The Labute approximate surface area is 134 Å². The summed E-state index contributed by atoms with van der Waals surface area (Å²) in [5.41, 5.74) is 0. The Morgan fingerprint density at radius 2 is 1.18 bits per heavy atom. The Morgan fingerprint density at radius 3 is 1.53 bits per heavy atom. The summed E-state index contributed by atoms with van der Waals surface area (Å²) in [5.74, 6) is -0.0664. The molecule has 0 radical (unpaired) electrons. The van der Waals surface area contributed by atoms with Crippen molar-refractivity contribution >= 4 is 81.2 Å². The maximum atomic E-state index is 6.61. The number of hydrogen-bond donors (Lipinski definition) is 0. The summed E-state index contributed by atoms with van der Waals surface area (Å²) >= 11 is 44.6. The molecule has 3 aliphatic carbocycles. The van der Waals surface area contributed by atoms with Gasteiger partial charge in [-0.25, -0.2) is 0 Å². The highest BCUT2D eigenvalue weighted by Gasteiger charge is 2.83. The van der Waals surface area contributed by atoms with Crippen molar-refractivity contribution in [2.24, 2.45) is 11.8 Å². The largest absolute Gasteiger partial charge is 0.166 e. The average Bonchev–Trinajstić information content (AvgIpc) is 2.72. The van der Waals surface area contributed by atoms with Gasteiger partial charge < -0.3 is 0 Å². The van der Waals surface area contributed by atoms with E-state index >= 15 is 0 Å². The van der Waals surface area contributed by atoms with Crippen molar-refractivity contribution < 1.29 is 0 Å². The minimum Gasteiger partial charge on any atom is -0.123 e. The molecule has 4 unspecified atom stereocenters. The third-order valence-corrected chi connectivity index (χ3v) is 8.98. The zero-order chi connectivity index (χ0) is 12.8. The first-order chi connectivity index (χ1) is 7.69. The van der Waals surface area contributed by atoms with E-state index in [1.807, 2.05) is 0 Å². The van der Waals surface area contributed by atoms with E-state index in [2.05, 4.69) is 0 Å².